The van der Waals surface area contributed by atoms with Crippen LogP contribution in [0.4, 0.5) is 0 Å². The van der Waals surface area contributed by atoms with Gasteiger partial charge in [0.1, 0.15) is 0 Å². The van der Waals surface area contributed by atoms with Crippen LogP contribution < -0.4 is 10.9 Å². The maximum atomic E-state index is 11.9. The third-order valence-corrected chi connectivity index (χ3v) is 3.37. The first kappa shape index (κ1) is 10.5. The molecule has 5 nitrogen and oxygen atoms in total. The van der Waals surface area contributed by atoms with Crippen LogP contribution in [0.15, 0.2) is 17.1 Å². The predicted octanol–water partition coefficient (Wildman–Crippen LogP) is 1.15. The summed E-state index contributed by atoms with van der Waals surface area (Å²) in [5.41, 5.74) is 2.57. The van der Waals surface area contributed by atoms with Crippen LogP contribution in [0.2, 0.25) is 0 Å². The fourth-order valence-electron chi connectivity index (χ4n) is 2.40. The van der Waals surface area contributed by atoms with Crippen LogP contribution in [-0.2, 0) is 0 Å². The second kappa shape index (κ2) is 4.00. The van der Waals surface area contributed by atoms with E-state index in [1.165, 1.54) is 17.4 Å². The molecule has 1 fully saturated rings. The van der Waals surface area contributed by atoms with E-state index in [1.54, 1.807) is 6.07 Å². The summed E-state index contributed by atoms with van der Waals surface area (Å²) in [6.07, 6.45) is 5.28. The minimum atomic E-state index is -0.0366. The summed E-state index contributed by atoms with van der Waals surface area (Å²) in [4.78, 5) is 16.5. The average molecular weight is 232 g/mol. The number of nitrogens with zero attached hydrogens (tertiary/aromatic N) is 2. The summed E-state index contributed by atoms with van der Waals surface area (Å²) < 4.78 is 1.49. The van der Waals surface area contributed by atoms with Gasteiger partial charge < -0.3 is 5.32 Å². The summed E-state index contributed by atoms with van der Waals surface area (Å²) in [5.74, 6) is 0. The number of nitrogens with one attached hydrogen (secondary N) is 2. The molecule has 3 heterocycles. The van der Waals surface area contributed by atoms with E-state index in [0.29, 0.717) is 0 Å². The maximum Gasteiger partial charge on any atom is 0.272 e. The predicted molar refractivity (Wildman–Crippen MR) is 65.1 cm³/mol. The number of hydrogen-bond donors (Lipinski definition) is 2. The molecular formula is C12H16N4O. The molecule has 3 rings (SSSR count). The highest BCUT2D eigenvalue weighted by atomic mass is 16.1. The molecule has 90 valence electrons. The van der Waals surface area contributed by atoms with Crippen LogP contribution in [0, 0.1) is 6.92 Å². The van der Waals surface area contributed by atoms with E-state index in [9.17, 15) is 4.79 Å². The highest BCUT2D eigenvalue weighted by Crippen LogP contribution is 2.20. The molecule has 1 atom stereocenters. The van der Waals surface area contributed by atoms with Gasteiger partial charge in [-0.05, 0) is 26.3 Å². The minimum Gasteiger partial charge on any atom is -0.309 e. The van der Waals surface area contributed by atoms with Crippen molar-refractivity contribution < 1.29 is 0 Å². The van der Waals surface area contributed by atoms with Crippen LogP contribution in [0.3, 0.4) is 0 Å². The zero-order chi connectivity index (χ0) is 11.8. The monoisotopic (exact) mass is 232 g/mol. The summed E-state index contributed by atoms with van der Waals surface area (Å²) in [6, 6.07) is 1.86. The SMILES string of the molecule is Cc1c[nH]n2c(=O)cc(C3CCCCN3)nc12. The fourth-order valence-corrected chi connectivity index (χ4v) is 2.40. The van der Waals surface area contributed by atoms with Crippen molar-refractivity contribution in [1.82, 2.24) is 19.9 Å². The van der Waals surface area contributed by atoms with Gasteiger partial charge in [-0.3, -0.25) is 9.89 Å². The molecule has 17 heavy (non-hydrogen) atoms. The van der Waals surface area contributed by atoms with Crippen molar-refractivity contribution in [3.63, 3.8) is 0 Å². The van der Waals surface area contributed by atoms with Crippen molar-refractivity contribution in [3.8, 4) is 0 Å². The Morgan fingerprint density at radius 2 is 2.35 bits per heavy atom. The first-order valence-corrected chi connectivity index (χ1v) is 6.07. The Hall–Kier alpha value is -1.62. The standard InChI is InChI=1S/C12H16N4O/c1-8-7-14-16-11(17)6-10(15-12(8)16)9-4-2-3-5-13-9/h6-7,9,13-14H,2-5H2,1H3. The van der Waals surface area contributed by atoms with Crippen LogP contribution >= 0.6 is 0 Å². The molecule has 5 heteroatoms. The minimum absolute atomic E-state index is 0.0366. The third-order valence-electron chi connectivity index (χ3n) is 3.37. The van der Waals surface area contributed by atoms with E-state index in [1.807, 2.05) is 13.1 Å². The van der Waals surface area contributed by atoms with E-state index in [2.05, 4.69) is 15.4 Å². The molecule has 0 radical (unpaired) electrons. The van der Waals surface area contributed by atoms with Gasteiger partial charge >= 0.3 is 0 Å². The van der Waals surface area contributed by atoms with Crippen molar-refractivity contribution in [3.05, 3.63) is 33.9 Å². The van der Waals surface area contributed by atoms with Gasteiger partial charge in [0.2, 0.25) is 0 Å². The van der Waals surface area contributed by atoms with Gasteiger partial charge in [-0.15, -0.1) is 0 Å². The van der Waals surface area contributed by atoms with E-state index < -0.39 is 0 Å². The molecule has 0 saturated carbocycles. The highest BCUT2D eigenvalue weighted by molar-refractivity contribution is 5.45. The highest BCUT2D eigenvalue weighted by Gasteiger charge is 2.18. The maximum absolute atomic E-state index is 11.9. The molecule has 1 unspecified atom stereocenters. The van der Waals surface area contributed by atoms with E-state index >= 15 is 0 Å². The lowest BCUT2D eigenvalue weighted by molar-refractivity contribution is 0.405. The molecule has 2 N–H and O–H groups in total. The smallest absolute Gasteiger partial charge is 0.272 e. The van der Waals surface area contributed by atoms with Gasteiger partial charge in [-0.25, -0.2) is 9.50 Å². The lowest BCUT2D eigenvalue weighted by Crippen LogP contribution is -2.29. The van der Waals surface area contributed by atoms with Gasteiger partial charge in [0.15, 0.2) is 5.65 Å². The summed E-state index contributed by atoms with van der Waals surface area (Å²) in [7, 11) is 0. The Morgan fingerprint density at radius 3 is 3.12 bits per heavy atom. The Bertz CT molecular complexity index is 592. The normalized spacial score (nSPS) is 20.9. The molecule has 1 saturated heterocycles. The quantitative estimate of drug-likeness (QED) is 0.775. The molecule has 2 aromatic rings. The van der Waals surface area contributed by atoms with Crippen LogP contribution in [-0.4, -0.2) is 21.1 Å². The molecule has 0 spiro atoms. The second-order valence-corrected chi connectivity index (χ2v) is 4.64. The van der Waals surface area contributed by atoms with Crippen molar-refractivity contribution in [2.24, 2.45) is 0 Å². The van der Waals surface area contributed by atoms with E-state index in [0.717, 1.165) is 29.9 Å². The molecule has 0 aromatic carbocycles. The summed E-state index contributed by atoms with van der Waals surface area (Å²) >= 11 is 0. The molecule has 0 amide bonds. The van der Waals surface area contributed by atoms with Gasteiger partial charge in [-0.2, -0.15) is 0 Å². The number of rotatable bonds is 1. The van der Waals surface area contributed by atoms with Gasteiger partial charge in [0.25, 0.3) is 5.56 Å². The number of fused-ring (bicyclic) bond motifs is 1. The van der Waals surface area contributed by atoms with E-state index in [4.69, 9.17) is 0 Å². The molecule has 0 bridgehead atoms. The molecule has 2 aromatic heterocycles. The van der Waals surface area contributed by atoms with Gasteiger partial charge in [0.05, 0.1) is 5.69 Å². The van der Waals surface area contributed by atoms with Crippen molar-refractivity contribution in [2.45, 2.75) is 32.2 Å². The number of hydrogen-bond acceptors (Lipinski definition) is 3. The zero-order valence-electron chi connectivity index (χ0n) is 9.86. The fraction of sp³-hybridized carbons (Fsp3) is 0.500. The van der Waals surface area contributed by atoms with E-state index in [-0.39, 0.29) is 11.6 Å². The lowest BCUT2D eigenvalue weighted by atomic mass is 10.0. The summed E-state index contributed by atoms with van der Waals surface area (Å²) in [6.45, 7) is 2.97. The number of H-pyrrole nitrogens is 1. The average Bonchev–Trinajstić information content (AvgIpc) is 2.73. The van der Waals surface area contributed by atoms with Crippen LogP contribution in [0.1, 0.15) is 36.6 Å². The number of aryl methyl sites for hydroxylation is 1. The van der Waals surface area contributed by atoms with Crippen molar-refractivity contribution in [2.75, 3.05) is 6.54 Å². The Morgan fingerprint density at radius 1 is 1.47 bits per heavy atom. The second-order valence-electron chi connectivity index (χ2n) is 4.64. The first-order chi connectivity index (χ1) is 8.25. The largest absolute Gasteiger partial charge is 0.309 e. The third kappa shape index (κ3) is 1.76. The van der Waals surface area contributed by atoms with Gasteiger partial charge in [-0.1, -0.05) is 6.42 Å². The molecule has 1 aliphatic heterocycles. The van der Waals surface area contributed by atoms with Crippen LogP contribution in [0.25, 0.3) is 5.65 Å². The zero-order valence-corrected chi connectivity index (χ0v) is 9.86. The Kier molecular flexibility index (Phi) is 2.48. The van der Waals surface area contributed by atoms with Crippen molar-refractivity contribution in [1.29, 1.82) is 0 Å². The Balaban J connectivity index is 2.10. The lowest BCUT2D eigenvalue weighted by Gasteiger charge is -2.22. The topological polar surface area (TPSA) is 62.2 Å². The van der Waals surface area contributed by atoms with Gasteiger partial charge in [0, 0.05) is 23.9 Å². The number of aromatic nitrogens is 3. The van der Waals surface area contributed by atoms with Crippen molar-refractivity contribution >= 4 is 5.65 Å². The first-order valence-electron chi connectivity index (χ1n) is 6.07. The number of piperidine rings is 1. The Labute approximate surface area is 98.9 Å². The molecule has 1 aliphatic rings. The molecular weight excluding hydrogens is 216 g/mol. The van der Waals surface area contributed by atoms with Crippen LogP contribution in [0.5, 0.6) is 0 Å². The number of aromatic amines is 1. The molecule has 0 aliphatic carbocycles. The summed E-state index contributed by atoms with van der Waals surface area (Å²) in [5, 5.41) is 6.33.